The quantitative estimate of drug-likeness (QED) is 0.650. The summed E-state index contributed by atoms with van der Waals surface area (Å²) in [6.07, 6.45) is 0.800. The van der Waals surface area contributed by atoms with Gasteiger partial charge in [-0.3, -0.25) is 10.1 Å². The summed E-state index contributed by atoms with van der Waals surface area (Å²) in [5.41, 5.74) is 0.287. The lowest BCUT2D eigenvalue weighted by molar-refractivity contribution is -0.385. The van der Waals surface area contributed by atoms with Gasteiger partial charge >= 0.3 is 0 Å². The van der Waals surface area contributed by atoms with E-state index in [1.54, 1.807) is 6.92 Å². The molecular weight excluding hydrogens is 294 g/mol. The lowest BCUT2D eigenvalue weighted by Gasteiger charge is -2.16. The summed E-state index contributed by atoms with van der Waals surface area (Å²) >= 11 is 0. The zero-order valence-electron chi connectivity index (χ0n) is 12.1. The maximum Gasteiger partial charge on any atom is 0.273 e. The molecule has 2 rings (SSSR count). The first-order valence-electron chi connectivity index (χ1n) is 6.76. The molecule has 1 aromatic rings. The summed E-state index contributed by atoms with van der Waals surface area (Å²) in [5.74, 6) is 0.283. The van der Waals surface area contributed by atoms with Gasteiger partial charge < -0.3 is 5.32 Å². The fourth-order valence-corrected chi connectivity index (χ4v) is 4.12. The number of nitrogens with one attached hydrogen (secondary N) is 1. The van der Waals surface area contributed by atoms with E-state index in [0.29, 0.717) is 18.7 Å². The molecule has 1 aliphatic heterocycles. The molecule has 1 atom stereocenters. The molecule has 1 heterocycles. The van der Waals surface area contributed by atoms with Gasteiger partial charge in [-0.05, 0) is 38.9 Å². The predicted molar refractivity (Wildman–Crippen MR) is 78.6 cm³/mol. The Balaban J connectivity index is 2.28. The van der Waals surface area contributed by atoms with Gasteiger partial charge in [0.25, 0.3) is 5.69 Å². The summed E-state index contributed by atoms with van der Waals surface area (Å²) in [5, 5.41) is 14.0. The van der Waals surface area contributed by atoms with Crippen LogP contribution >= 0.6 is 0 Å². The predicted octanol–water partition coefficient (Wildman–Crippen LogP) is 1.13. The molecule has 1 aliphatic rings. The number of nitrogens with zero attached hydrogens (tertiary/aromatic N) is 2. The van der Waals surface area contributed by atoms with Crippen molar-refractivity contribution in [3.05, 3.63) is 33.9 Å². The molecule has 7 nitrogen and oxygen atoms in total. The van der Waals surface area contributed by atoms with E-state index < -0.39 is 14.9 Å². The smallest absolute Gasteiger partial charge is 0.273 e. The zero-order chi connectivity index (χ0) is 15.6. The van der Waals surface area contributed by atoms with E-state index in [1.165, 1.54) is 16.4 Å². The minimum absolute atomic E-state index is 0.00934. The van der Waals surface area contributed by atoms with Gasteiger partial charge in [-0.2, -0.15) is 4.31 Å². The van der Waals surface area contributed by atoms with E-state index in [4.69, 9.17) is 0 Å². The van der Waals surface area contributed by atoms with Crippen LogP contribution in [0, 0.1) is 23.0 Å². The first kappa shape index (κ1) is 15.9. The second kappa shape index (κ2) is 6.08. The molecular formula is C13H19N3O4S. The molecule has 0 amide bonds. The van der Waals surface area contributed by atoms with Crippen LogP contribution in [0.25, 0.3) is 0 Å². The van der Waals surface area contributed by atoms with Crippen molar-refractivity contribution in [3.8, 4) is 0 Å². The van der Waals surface area contributed by atoms with Gasteiger partial charge in [0.15, 0.2) is 0 Å². The third-order valence-electron chi connectivity index (χ3n) is 3.76. The van der Waals surface area contributed by atoms with Crippen molar-refractivity contribution in [3.63, 3.8) is 0 Å². The lowest BCUT2D eigenvalue weighted by Crippen LogP contribution is -2.30. The SMILES string of the molecule is CNCC1CCN(S(=O)(=O)c2ccc(C)c([N+](=O)[O-])c2)C1. The zero-order valence-corrected chi connectivity index (χ0v) is 12.9. The molecule has 116 valence electrons. The Morgan fingerprint density at radius 3 is 2.81 bits per heavy atom. The number of hydrogen-bond acceptors (Lipinski definition) is 5. The van der Waals surface area contributed by atoms with E-state index in [2.05, 4.69) is 5.32 Å². The highest BCUT2D eigenvalue weighted by Crippen LogP contribution is 2.27. The van der Waals surface area contributed by atoms with E-state index >= 15 is 0 Å². The molecule has 0 radical (unpaired) electrons. The minimum atomic E-state index is -3.66. The molecule has 1 fully saturated rings. The van der Waals surface area contributed by atoms with Crippen molar-refractivity contribution in [1.29, 1.82) is 0 Å². The van der Waals surface area contributed by atoms with Crippen LogP contribution in [-0.4, -0.2) is 44.3 Å². The van der Waals surface area contributed by atoms with Crippen LogP contribution in [0.3, 0.4) is 0 Å². The van der Waals surface area contributed by atoms with E-state index in [9.17, 15) is 18.5 Å². The van der Waals surface area contributed by atoms with Gasteiger partial charge in [-0.25, -0.2) is 8.42 Å². The fraction of sp³-hybridized carbons (Fsp3) is 0.538. The van der Waals surface area contributed by atoms with Crippen molar-refractivity contribution in [2.24, 2.45) is 5.92 Å². The van der Waals surface area contributed by atoms with Crippen molar-refractivity contribution in [2.45, 2.75) is 18.2 Å². The van der Waals surface area contributed by atoms with Gasteiger partial charge in [-0.15, -0.1) is 0 Å². The summed E-state index contributed by atoms with van der Waals surface area (Å²) in [4.78, 5) is 10.4. The monoisotopic (exact) mass is 313 g/mol. The molecule has 0 spiro atoms. The largest absolute Gasteiger partial charge is 0.319 e. The van der Waals surface area contributed by atoms with Gasteiger partial charge in [-0.1, -0.05) is 6.07 Å². The third-order valence-corrected chi connectivity index (χ3v) is 5.62. The average Bonchev–Trinajstić information content (AvgIpc) is 2.88. The second-order valence-corrected chi connectivity index (χ2v) is 7.22. The Morgan fingerprint density at radius 2 is 2.19 bits per heavy atom. The number of aryl methyl sites for hydroxylation is 1. The molecule has 0 saturated carbocycles. The molecule has 1 N–H and O–H groups in total. The molecule has 0 aliphatic carbocycles. The molecule has 1 unspecified atom stereocenters. The summed E-state index contributed by atoms with van der Waals surface area (Å²) in [6.45, 7) is 3.26. The summed E-state index contributed by atoms with van der Waals surface area (Å²) < 4.78 is 26.5. The van der Waals surface area contributed by atoms with Crippen molar-refractivity contribution in [2.75, 3.05) is 26.7 Å². The van der Waals surface area contributed by atoms with Crippen LogP contribution in [0.1, 0.15) is 12.0 Å². The van der Waals surface area contributed by atoms with Crippen LogP contribution in [0.4, 0.5) is 5.69 Å². The number of sulfonamides is 1. The van der Waals surface area contributed by atoms with Gasteiger partial charge in [0.2, 0.25) is 10.0 Å². The fourth-order valence-electron chi connectivity index (χ4n) is 2.57. The lowest BCUT2D eigenvalue weighted by atomic mass is 10.1. The number of rotatable bonds is 5. The highest BCUT2D eigenvalue weighted by Gasteiger charge is 2.33. The molecule has 8 heteroatoms. The Morgan fingerprint density at radius 1 is 1.48 bits per heavy atom. The highest BCUT2D eigenvalue weighted by molar-refractivity contribution is 7.89. The first-order chi connectivity index (χ1) is 9.86. The normalized spacial score (nSPS) is 19.8. The van der Waals surface area contributed by atoms with Crippen LogP contribution in [0.15, 0.2) is 23.1 Å². The molecule has 0 aromatic heterocycles. The Kier molecular flexibility index (Phi) is 4.60. The first-order valence-corrected chi connectivity index (χ1v) is 8.20. The van der Waals surface area contributed by atoms with E-state index in [1.807, 2.05) is 7.05 Å². The number of benzene rings is 1. The van der Waals surface area contributed by atoms with E-state index in [-0.39, 0.29) is 16.5 Å². The Bertz CT molecular complexity index is 645. The average molecular weight is 313 g/mol. The Labute approximate surface area is 124 Å². The minimum Gasteiger partial charge on any atom is -0.319 e. The number of nitro groups is 1. The molecule has 21 heavy (non-hydrogen) atoms. The summed E-state index contributed by atoms with van der Waals surface area (Å²) in [7, 11) is -1.83. The van der Waals surface area contributed by atoms with Crippen LogP contribution in [0.2, 0.25) is 0 Å². The van der Waals surface area contributed by atoms with Crippen molar-refractivity contribution in [1.82, 2.24) is 9.62 Å². The van der Waals surface area contributed by atoms with Gasteiger partial charge in [0, 0.05) is 24.7 Å². The molecule has 1 aromatic carbocycles. The van der Waals surface area contributed by atoms with Gasteiger partial charge in [0.05, 0.1) is 9.82 Å². The highest BCUT2D eigenvalue weighted by atomic mass is 32.2. The second-order valence-electron chi connectivity index (χ2n) is 5.28. The van der Waals surface area contributed by atoms with Crippen LogP contribution in [-0.2, 0) is 10.0 Å². The van der Waals surface area contributed by atoms with Crippen molar-refractivity contribution < 1.29 is 13.3 Å². The van der Waals surface area contributed by atoms with E-state index in [0.717, 1.165) is 19.0 Å². The standard InChI is InChI=1S/C13H19N3O4S/c1-10-3-4-12(7-13(10)16(17)18)21(19,20)15-6-5-11(9-15)8-14-2/h3-4,7,11,14H,5-6,8-9H2,1-2H3. The van der Waals surface area contributed by atoms with Gasteiger partial charge in [0.1, 0.15) is 0 Å². The number of hydrogen-bond donors (Lipinski definition) is 1. The molecule has 0 bridgehead atoms. The topological polar surface area (TPSA) is 92.6 Å². The summed E-state index contributed by atoms with van der Waals surface area (Å²) in [6, 6.07) is 4.06. The number of nitro benzene ring substituents is 1. The molecule has 1 saturated heterocycles. The van der Waals surface area contributed by atoms with Crippen molar-refractivity contribution >= 4 is 15.7 Å². The van der Waals surface area contributed by atoms with Crippen LogP contribution in [0.5, 0.6) is 0 Å². The maximum absolute atomic E-state index is 12.6. The third kappa shape index (κ3) is 3.22. The van der Waals surface area contributed by atoms with Crippen LogP contribution < -0.4 is 5.32 Å². The Hall–Kier alpha value is -1.51. The maximum atomic E-state index is 12.6.